The third kappa shape index (κ3) is 7.69. The van der Waals surface area contributed by atoms with Crippen LogP contribution in [0.15, 0.2) is 41.9 Å². The van der Waals surface area contributed by atoms with E-state index >= 15 is 0 Å². The number of nitrogens with one attached hydrogen (secondary N) is 1. The lowest BCUT2D eigenvalue weighted by Gasteiger charge is -2.22. The molecule has 0 aromatic carbocycles. The first kappa shape index (κ1) is 23.6. The van der Waals surface area contributed by atoms with Crippen LogP contribution in [0.25, 0.3) is 6.08 Å². The van der Waals surface area contributed by atoms with Crippen LogP contribution in [-0.4, -0.2) is 49.9 Å². The normalized spacial score (nSPS) is 12.7. The number of allylic oxidation sites excluding steroid dienone is 2. The van der Waals surface area contributed by atoms with E-state index in [0.29, 0.717) is 0 Å². The summed E-state index contributed by atoms with van der Waals surface area (Å²) in [5.74, 6) is 0. The third-order valence-electron chi connectivity index (χ3n) is 4.50. The van der Waals surface area contributed by atoms with Gasteiger partial charge in [0.15, 0.2) is 0 Å². The molecule has 0 saturated carbocycles. The van der Waals surface area contributed by atoms with E-state index in [1.807, 2.05) is 38.5 Å². The monoisotopic (exact) mass is 384 g/mol. The molecular weight excluding hydrogens is 348 g/mol. The molecule has 0 bridgehead atoms. The predicted octanol–water partition coefficient (Wildman–Crippen LogP) is 4.17. The van der Waals surface area contributed by atoms with E-state index in [0.717, 1.165) is 48.6 Å². The number of nitrogens with zero attached hydrogens (tertiary/aromatic N) is 3. The first-order valence-corrected chi connectivity index (χ1v) is 10.1. The number of anilines is 1. The fourth-order valence-corrected chi connectivity index (χ4v) is 3.17. The van der Waals surface area contributed by atoms with E-state index in [4.69, 9.17) is 0 Å². The number of rotatable bonds is 12. The van der Waals surface area contributed by atoms with Gasteiger partial charge < -0.3 is 10.2 Å². The molecule has 0 aliphatic carbocycles. The second-order valence-electron chi connectivity index (χ2n) is 7.03. The van der Waals surface area contributed by atoms with Gasteiger partial charge in [0.25, 0.3) is 0 Å². The minimum atomic E-state index is 0.760. The number of aromatic nitrogens is 1. The van der Waals surface area contributed by atoms with Gasteiger partial charge in [-0.05, 0) is 51.9 Å². The topological polar surface area (TPSA) is 48.5 Å². The summed E-state index contributed by atoms with van der Waals surface area (Å²) in [4.78, 5) is 19.8. The highest BCUT2D eigenvalue weighted by molar-refractivity contribution is 5.71. The largest absolute Gasteiger partial charge is 0.388 e. The molecule has 0 amide bonds. The van der Waals surface area contributed by atoms with Gasteiger partial charge in [0, 0.05) is 56.1 Å². The Kier molecular flexibility index (Phi) is 10.9. The maximum absolute atomic E-state index is 10.7. The maximum Gasteiger partial charge on any atom is 0.144 e. The van der Waals surface area contributed by atoms with Crippen molar-refractivity contribution in [1.29, 1.82) is 0 Å². The summed E-state index contributed by atoms with van der Waals surface area (Å²) in [7, 11) is 3.80. The van der Waals surface area contributed by atoms with Crippen LogP contribution in [0, 0.1) is 6.92 Å². The molecule has 1 aromatic rings. The SMILES string of the molecule is CCCN(CCC)C/C(C)=C/c1c(N(C)/C=C\C(=C/C=O)NC)ccnc1C. The fourth-order valence-electron chi connectivity index (χ4n) is 3.17. The van der Waals surface area contributed by atoms with Crippen LogP contribution in [0.2, 0.25) is 0 Å². The molecule has 1 heterocycles. The third-order valence-corrected chi connectivity index (χ3v) is 4.50. The van der Waals surface area contributed by atoms with Gasteiger partial charge in [0.1, 0.15) is 6.29 Å². The highest BCUT2D eigenvalue weighted by Crippen LogP contribution is 2.25. The molecule has 154 valence electrons. The maximum atomic E-state index is 10.7. The van der Waals surface area contributed by atoms with Crippen molar-refractivity contribution in [2.75, 3.05) is 38.6 Å². The lowest BCUT2D eigenvalue weighted by Crippen LogP contribution is -2.27. The molecule has 5 nitrogen and oxygen atoms in total. The zero-order chi connectivity index (χ0) is 20.9. The number of aldehydes is 1. The predicted molar refractivity (Wildman–Crippen MR) is 120 cm³/mol. The first-order valence-electron chi connectivity index (χ1n) is 10.1. The van der Waals surface area contributed by atoms with Crippen molar-refractivity contribution in [2.24, 2.45) is 0 Å². The molecule has 0 radical (unpaired) electrons. The Labute approximate surface area is 170 Å². The van der Waals surface area contributed by atoms with Crippen LogP contribution in [0.4, 0.5) is 5.69 Å². The summed E-state index contributed by atoms with van der Waals surface area (Å²) in [6.07, 6.45) is 12.5. The van der Waals surface area contributed by atoms with Crippen molar-refractivity contribution in [1.82, 2.24) is 15.2 Å². The van der Waals surface area contributed by atoms with Crippen LogP contribution < -0.4 is 10.2 Å². The Morgan fingerprint density at radius 2 is 1.93 bits per heavy atom. The van der Waals surface area contributed by atoms with Crippen molar-refractivity contribution in [2.45, 2.75) is 40.5 Å². The zero-order valence-corrected chi connectivity index (χ0v) is 18.3. The Bertz CT molecular complexity index is 701. The number of hydrogen-bond donors (Lipinski definition) is 1. The summed E-state index contributed by atoms with van der Waals surface area (Å²) in [5.41, 5.74) is 5.31. The highest BCUT2D eigenvalue weighted by atomic mass is 16.1. The number of aryl methyl sites for hydroxylation is 1. The lowest BCUT2D eigenvalue weighted by atomic mass is 10.1. The number of carbonyl (C=O) groups is 1. The molecule has 0 unspecified atom stereocenters. The zero-order valence-electron chi connectivity index (χ0n) is 18.3. The van der Waals surface area contributed by atoms with Crippen LogP contribution in [0.5, 0.6) is 0 Å². The molecule has 0 atom stereocenters. The quantitative estimate of drug-likeness (QED) is 0.333. The summed E-state index contributed by atoms with van der Waals surface area (Å²) in [6, 6.07) is 2.02. The van der Waals surface area contributed by atoms with Crippen LogP contribution in [0.3, 0.4) is 0 Å². The van der Waals surface area contributed by atoms with E-state index < -0.39 is 0 Å². The van der Waals surface area contributed by atoms with Crippen molar-refractivity contribution >= 4 is 18.0 Å². The Hall–Kier alpha value is -2.40. The summed E-state index contributed by atoms with van der Waals surface area (Å²) in [6.45, 7) is 11.9. The molecule has 5 heteroatoms. The van der Waals surface area contributed by atoms with E-state index in [9.17, 15) is 4.79 Å². The minimum absolute atomic E-state index is 0.760. The Morgan fingerprint density at radius 3 is 2.50 bits per heavy atom. The number of pyridine rings is 1. The molecule has 0 aliphatic rings. The van der Waals surface area contributed by atoms with Crippen molar-refractivity contribution < 1.29 is 4.79 Å². The van der Waals surface area contributed by atoms with Gasteiger partial charge in [0.05, 0.1) is 5.69 Å². The van der Waals surface area contributed by atoms with E-state index in [1.165, 1.54) is 24.5 Å². The average molecular weight is 385 g/mol. The van der Waals surface area contributed by atoms with Crippen LogP contribution in [0.1, 0.15) is 44.9 Å². The van der Waals surface area contributed by atoms with Crippen molar-refractivity contribution in [3.8, 4) is 0 Å². The van der Waals surface area contributed by atoms with Gasteiger partial charge in [0.2, 0.25) is 0 Å². The highest BCUT2D eigenvalue weighted by Gasteiger charge is 2.09. The Balaban J connectivity index is 3.12. The number of likely N-dealkylation sites (N-methyl/N-ethyl adjacent to an activating group) is 1. The van der Waals surface area contributed by atoms with E-state index in [2.05, 4.69) is 46.9 Å². The van der Waals surface area contributed by atoms with E-state index in [1.54, 1.807) is 7.05 Å². The second-order valence-corrected chi connectivity index (χ2v) is 7.03. The molecule has 0 aliphatic heterocycles. The first-order chi connectivity index (χ1) is 13.5. The van der Waals surface area contributed by atoms with Crippen LogP contribution in [-0.2, 0) is 4.79 Å². The molecule has 0 fully saturated rings. The molecule has 1 rings (SSSR count). The van der Waals surface area contributed by atoms with Gasteiger partial charge in [-0.25, -0.2) is 0 Å². The molecule has 1 aromatic heterocycles. The van der Waals surface area contributed by atoms with Gasteiger partial charge in [-0.1, -0.05) is 25.5 Å². The Morgan fingerprint density at radius 1 is 1.25 bits per heavy atom. The van der Waals surface area contributed by atoms with Crippen LogP contribution >= 0.6 is 0 Å². The van der Waals surface area contributed by atoms with Gasteiger partial charge >= 0.3 is 0 Å². The fraction of sp³-hybridized carbons (Fsp3) is 0.478. The molecule has 28 heavy (non-hydrogen) atoms. The molecular formula is C23H36N4O. The van der Waals surface area contributed by atoms with Gasteiger partial charge in [-0.3, -0.25) is 14.7 Å². The van der Waals surface area contributed by atoms with E-state index in [-0.39, 0.29) is 0 Å². The summed E-state index contributed by atoms with van der Waals surface area (Å²) < 4.78 is 0. The molecule has 0 spiro atoms. The summed E-state index contributed by atoms with van der Waals surface area (Å²) in [5, 5.41) is 3.00. The minimum Gasteiger partial charge on any atom is -0.388 e. The number of carbonyl (C=O) groups excluding carboxylic acids is 1. The molecule has 0 saturated heterocycles. The van der Waals surface area contributed by atoms with Gasteiger partial charge in [-0.15, -0.1) is 0 Å². The van der Waals surface area contributed by atoms with Gasteiger partial charge in [-0.2, -0.15) is 0 Å². The average Bonchev–Trinajstić information content (AvgIpc) is 2.66. The second kappa shape index (κ2) is 12.9. The van der Waals surface area contributed by atoms with Crippen molar-refractivity contribution in [3.63, 3.8) is 0 Å². The van der Waals surface area contributed by atoms with Crippen molar-refractivity contribution in [3.05, 3.63) is 53.1 Å². The number of hydrogen-bond acceptors (Lipinski definition) is 5. The standard InChI is InChI=1S/C23H36N4O/c1-7-13-27(14-8-2)18-19(3)17-22-20(4)25-12-9-23(22)26(6)15-10-21(24-5)11-16-28/h9-12,15-17,24H,7-8,13-14,18H2,1-6H3/b15-10-,19-17+,21-11+. The smallest absolute Gasteiger partial charge is 0.144 e. The lowest BCUT2D eigenvalue weighted by molar-refractivity contribution is -0.104. The summed E-state index contributed by atoms with van der Waals surface area (Å²) >= 11 is 0. The molecule has 1 N–H and O–H groups in total.